The van der Waals surface area contributed by atoms with Crippen molar-refractivity contribution in [1.29, 1.82) is 0 Å². The maximum atomic E-state index is 12.6. The molecule has 1 aromatic rings. The second-order valence-electron chi connectivity index (χ2n) is 7.75. The highest BCUT2D eigenvalue weighted by Gasteiger charge is 2.51. The van der Waals surface area contributed by atoms with Crippen LogP contribution in [0.15, 0.2) is 18.2 Å². The van der Waals surface area contributed by atoms with E-state index in [-0.39, 0.29) is 23.7 Å². The van der Waals surface area contributed by atoms with Gasteiger partial charge in [-0.3, -0.25) is 19.3 Å². The summed E-state index contributed by atoms with van der Waals surface area (Å²) in [5.41, 5.74) is 2.64. The van der Waals surface area contributed by atoms with E-state index in [1.807, 2.05) is 32.0 Å². The van der Waals surface area contributed by atoms with Gasteiger partial charge in [-0.1, -0.05) is 18.9 Å². The van der Waals surface area contributed by atoms with Crippen LogP contribution < -0.4 is 5.32 Å². The zero-order chi connectivity index (χ0) is 20.4. The molecular weight excluding hydrogens is 360 g/mol. The molecule has 3 atom stereocenters. The van der Waals surface area contributed by atoms with Crippen LogP contribution in [-0.2, 0) is 23.9 Å². The van der Waals surface area contributed by atoms with Crippen molar-refractivity contribution in [1.82, 2.24) is 4.90 Å². The molecule has 7 heteroatoms. The highest BCUT2D eigenvalue weighted by Crippen LogP contribution is 2.38. The number of carbonyl (C=O) groups is 4. The minimum atomic E-state index is -1.03. The average molecular weight is 386 g/mol. The van der Waals surface area contributed by atoms with Crippen molar-refractivity contribution < 1.29 is 23.9 Å². The predicted octanol–water partition coefficient (Wildman–Crippen LogP) is 2.35. The highest BCUT2D eigenvalue weighted by atomic mass is 16.5. The lowest BCUT2D eigenvalue weighted by Gasteiger charge is -2.21. The van der Waals surface area contributed by atoms with Gasteiger partial charge in [0.05, 0.1) is 11.8 Å². The fourth-order valence-electron chi connectivity index (χ4n) is 4.18. The standard InChI is InChI=1S/C21H26N2O5/c1-12-8-13(2)10-15(9-12)22-18(24)11-28-21(27)14(3)23-19(25)16-6-4-5-7-17(16)20(23)26/h8-10,14,16-17H,4-7,11H2,1-3H3,(H,22,24)/t14-,16+,17+/m0/s1. The Morgan fingerprint density at radius 3 is 2.14 bits per heavy atom. The van der Waals surface area contributed by atoms with Gasteiger partial charge in [0.25, 0.3) is 5.91 Å². The van der Waals surface area contributed by atoms with Crippen molar-refractivity contribution >= 4 is 29.4 Å². The zero-order valence-corrected chi connectivity index (χ0v) is 16.5. The fraction of sp³-hybridized carbons (Fsp3) is 0.524. The molecule has 1 saturated heterocycles. The van der Waals surface area contributed by atoms with Crippen LogP contribution in [-0.4, -0.2) is 41.2 Å². The molecule has 3 amide bonds. The van der Waals surface area contributed by atoms with Gasteiger partial charge in [-0.05, 0) is 56.9 Å². The lowest BCUT2D eigenvalue weighted by molar-refractivity contribution is -0.159. The summed E-state index contributed by atoms with van der Waals surface area (Å²) in [5.74, 6) is -2.44. The third-order valence-electron chi connectivity index (χ3n) is 5.45. The van der Waals surface area contributed by atoms with E-state index in [9.17, 15) is 19.2 Å². The molecule has 2 aliphatic rings. The van der Waals surface area contributed by atoms with Crippen molar-refractivity contribution in [3.05, 3.63) is 29.3 Å². The number of likely N-dealkylation sites (tertiary alicyclic amines) is 1. The summed E-state index contributed by atoms with van der Waals surface area (Å²) < 4.78 is 5.06. The largest absolute Gasteiger partial charge is 0.454 e. The Morgan fingerprint density at radius 1 is 1.07 bits per heavy atom. The SMILES string of the molecule is Cc1cc(C)cc(NC(=O)COC(=O)[C@H](C)N2C(=O)[C@@H]3CCCC[C@H]3C2=O)c1. The summed E-state index contributed by atoms with van der Waals surface area (Å²) in [7, 11) is 0. The van der Waals surface area contributed by atoms with Crippen LogP contribution in [0.3, 0.4) is 0 Å². The first kappa shape index (κ1) is 20.0. The molecule has 28 heavy (non-hydrogen) atoms. The van der Waals surface area contributed by atoms with Gasteiger partial charge in [0.2, 0.25) is 11.8 Å². The summed E-state index contributed by atoms with van der Waals surface area (Å²) >= 11 is 0. The molecule has 1 N–H and O–H groups in total. The smallest absolute Gasteiger partial charge is 0.329 e. The van der Waals surface area contributed by atoms with Crippen LogP contribution in [0.2, 0.25) is 0 Å². The molecule has 1 aliphatic heterocycles. The number of benzene rings is 1. The van der Waals surface area contributed by atoms with Gasteiger partial charge in [0.15, 0.2) is 6.61 Å². The number of hydrogen-bond acceptors (Lipinski definition) is 5. The predicted molar refractivity (Wildman–Crippen MR) is 102 cm³/mol. The Bertz CT molecular complexity index is 775. The number of aryl methyl sites for hydroxylation is 2. The number of ether oxygens (including phenoxy) is 1. The van der Waals surface area contributed by atoms with Crippen molar-refractivity contribution in [3.8, 4) is 0 Å². The first-order chi connectivity index (χ1) is 13.3. The normalized spacial score (nSPS) is 22.6. The van der Waals surface area contributed by atoms with E-state index >= 15 is 0 Å². The molecule has 2 fully saturated rings. The quantitative estimate of drug-likeness (QED) is 0.619. The van der Waals surface area contributed by atoms with Gasteiger partial charge in [0, 0.05) is 5.69 Å². The lowest BCUT2D eigenvalue weighted by atomic mass is 9.81. The number of hydrogen-bond donors (Lipinski definition) is 1. The minimum Gasteiger partial charge on any atom is -0.454 e. The number of imide groups is 1. The van der Waals surface area contributed by atoms with Crippen LogP contribution in [0, 0.1) is 25.7 Å². The summed E-state index contributed by atoms with van der Waals surface area (Å²) in [6.45, 7) is 4.84. The van der Waals surface area contributed by atoms with E-state index in [1.165, 1.54) is 6.92 Å². The van der Waals surface area contributed by atoms with E-state index in [4.69, 9.17) is 4.74 Å². The van der Waals surface area contributed by atoms with Crippen molar-refractivity contribution in [2.24, 2.45) is 11.8 Å². The number of fused-ring (bicyclic) bond motifs is 1. The molecule has 0 radical (unpaired) electrons. The number of esters is 1. The summed E-state index contributed by atoms with van der Waals surface area (Å²) in [5, 5.41) is 2.68. The Labute approximate surface area is 164 Å². The maximum absolute atomic E-state index is 12.6. The van der Waals surface area contributed by atoms with Crippen molar-refractivity contribution in [2.45, 2.75) is 52.5 Å². The van der Waals surface area contributed by atoms with Crippen molar-refractivity contribution in [3.63, 3.8) is 0 Å². The molecular formula is C21H26N2O5. The molecule has 0 aromatic heterocycles. The van der Waals surface area contributed by atoms with Gasteiger partial charge in [0.1, 0.15) is 6.04 Å². The van der Waals surface area contributed by atoms with E-state index in [2.05, 4.69) is 5.32 Å². The monoisotopic (exact) mass is 386 g/mol. The lowest BCUT2D eigenvalue weighted by Crippen LogP contribution is -2.45. The summed E-state index contributed by atoms with van der Waals surface area (Å²) in [4.78, 5) is 50.6. The molecule has 1 saturated carbocycles. The Morgan fingerprint density at radius 2 is 1.61 bits per heavy atom. The Hall–Kier alpha value is -2.70. The number of amides is 3. The van der Waals surface area contributed by atoms with Gasteiger partial charge in [-0.15, -0.1) is 0 Å². The second kappa shape index (κ2) is 8.12. The maximum Gasteiger partial charge on any atom is 0.329 e. The van der Waals surface area contributed by atoms with E-state index < -0.39 is 24.5 Å². The molecule has 1 aromatic carbocycles. The van der Waals surface area contributed by atoms with Gasteiger partial charge >= 0.3 is 5.97 Å². The molecule has 0 unspecified atom stereocenters. The second-order valence-corrected chi connectivity index (χ2v) is 7.75. The summed E-state index contributed by atoms with van der Waals surface area (Å²) in [6.07, 6.45) is 3.22. The van der Waals surface area contributed by atoms with Crippen LogP contribution in [0.1, 0.15) is 43.7 Å². The third-order valence-corrected chi connectivity index (χ3v) is 5.45. The van der Waals surface area contributed by atoms with Crippen molar-refractivity contribution in [2.75, 3.05) is 11.9 Å². The molecule has 1 heterocycles. The number of rotatable bonds is 5. The third kappa shape index (κ3) is 4.08. The van der Waals surface area contributed by atoms with E-state index in [0.717, 1.165) is 28.9 Å². The van der Waals surface area contributed by atoms with E-state index in [1.54, 1.807) is 0 Å². The first-order valence-electron chi connectivity index (χ1n) is 9.69. The van der Waals surface area contributed by atoms with Crippen LogP contribution >= 0.6 is 0 Å². The van der Waals surface area contributed by atoms with Gasteiger partial charge in [-0.2, -0.15) is 0 Å². The number of nitrogens with zero attached hydrogens (tertiary/aromatic N) is 1. The zero-order valence-electron chi connectivity index (χ0n) is 16.5. The Balaban J connectivity index is 1.56. The highest BCUT2D eigenvalue weighted by molar-refractivity contribution is 6.08. The van der Waals surface area contributed by atoms with E-state index in [0.29, 0.717) is 18.5 Å². The number of nitrogens with one attached hydrogen (secondary N) is 1. The molecule has 0 spiro atoms. The molecule has 3 rings (SSSR count). The molecule has 1 aliphatic carbocycles. The first-order valence-corrected chi connectivity index (χ1v) is 9.69. The van der Waals surface area contributed by atoms with Crippen LogP contribution in [0.5, 0.6) is 0 Å². The van der Waals surface area contributed by atoms with Crippen LogP contribution in [0.25, 0.3) is 0 Å². The molecule has 150 valence electrons. The van der Waals surface area contributed by atoms with Crippen LogP contribution in [0.4, 0.5) is 5.69 Å². The summed E-state index contributed by atoms with van der Waals surface area (Å²) in [6, 6.07) is 4.59. The number of carbonyl (C=O) groups excluding carboxylic acids is 4. The minimum absolute atomic E-state index is 0.293. The molecule has 7 nitrogen and oxygen atoms in total. The van der Waals surface area contributed by atoms with Gasteiger partial charge in [-0.25, -0.2) is 4.79 Å². The number of anilines is 1. The molecule has 0 bridgehead atoms. The van der Waals surface area contributed by atoms with Gasteiger partial charge < -0.3 is 10.1 Å². The fourth-order valence-corrected chi connectivity index (χ4v) is 4.18. The topological polar surface area (TPSA) is 92.8 Å². The average Bonchev–Trinajstić information content (AvgIpc) is 2.89. The Kier molecular flexibility index (Phi) is 5.82.